The average Bonchev–Trinajstić information content (AvgIpc) is 3.91. The SMILES string of the molecule is C=CCCCCCCC(CCCCCCC=C)OC(=O)CCCCCCC(=O)OCC(COC(=O)CCCCCCC(=O)OC(CCCCCCC=C)CCCCCCC=C)COC(=O)CCCN1CCCC1. The van der Waals surface area contributed by atoms with Gasteiger partial charge in [-0.3, -0.25) is 24.0 Å². The lowest BCUT2D eigenvalue weighted by atomic mass is 10.0. The number of ether oxygens (including phenoxy) is 5. The van der Waals surface area contributed by atoms with Crippen LogP contribution in [0.15, 0.2) is 50.6 Å². The molecule has 0 aromatic rings. The zero-order chi connectivity index (χ0) is 53.1. The number of nitrogens with zero attached hydrogens (tertiary/aromatic N) is 1. The van der Waals surface area contributed by atoms with Crippen molar-refractivity contribution in [1.82, 2.24) is 4.90 Å². The fourth-order valence-corrected chi connectivity index (χ4v) is 9.30. The average molecular weight is 1030 g/mol. The predicted molar refractivity (Wildman–Crippen MR) is 298 cm³/mol. The molecule has 11 heteroatoms. The van der Waals surface area contributed by atoms with Crippen molar-refractivity contribution in [1.29, 1.82) is 0 Å². The van der Waals surface area contributed by atoms with Crippen LogP contribution in [0.1, 0.15) is 257 Å². The van der Waals surface area contributed by atoms with Crippen molar-refractivity contribution < 1.29 is 47.7 Å². The van der Waals surface area contributed by atoms with Crippen LogP contribution in [-0.4, -0.2) is 86.4 Å². The molecule has 0 N–H and O–H groups in total. The molecule has 1 aliphatic heterocycles. The van der Waals surface area contributed by atoms with E-state index in [4.69, 9.17) is 23.7 Å². The van der Waals surface area contributed by atoms with Crippen molar-refractivity contribution in [2.45, 2.75) is 269 Å². The Bertz CT molecular complexity index is 1300. The molecule has 0 amide bonds. The zero-order valence-corrected chi connectivity index (χ0v) is 46.4. The molecule has 0 aromatic carbocycles. The molecule has 0 saturated carbocycles. The van der Waals surface area contributed by atoms with Gasteiger partial charge in [0.05, 0.1) is 5.92 Å². The minimum atomic E-state index is -0.482. The van der Waals surface area contributed by atoms with Crippen molar-refractivity contribution in [3.63, 3.8) is 0 Å². The number of esters is 5. The highest BCUT2D eigenvalue weighted by atomic mass is 16.6. The first-order chi connectivity index (χ1) is 35.7. The summed E-state index contributed by atoms with van der Waals surface area (Å²) in [5, 5.41) is 0. The van der Waals surface area contributed by atoms with E-state index in [2.05, 4.69) is 31.2 Å². The molecule has 1 aliphatic rings. The quantitative estimate of drug-likeness (QED) is 0.0249. The molecule has 1 saturated heterocycles. The maximum absolute atomic E-state index is 12.8. The number of carbonyl (C=O) groups is 5. The van der Waals surface area contributed by atoms with E-state index in [1.165, 1.54) is 38.5 Å². The van der Waals surface area contributed by atoms with Gasteiger partial charge in [-0.15, -0.1) is 26.3 Å². The van der Waals surface area contributed by atoms with Crippen LogP contribution < -0.4 is 0 Å². The first kappa shape index (κ1) is 67.3. The van der Waals surface area contributed by atoms with Crippen molar-refractivity contribution >= 4 is 29.8 Å². The molecule has 0 atom stereocenters. The number of rotatable bonds is 54. The molecule has 0 aromatic heterocycles. The van der Waals surface area contributed by atoms with Crippen molar-refractivity contribution in [3.05, 3.63) is 50.6 Å². The highest BCUT2D eigenvalue weighted by Crippen LogP contribution is 2.21. The fourth-order valence-electron chi connectivity index (χ4n) is 9.30. The normalized spacial score (nSPS) is 12.5. The minimum Gasteiger partial charge on any atom is -0.465 e. The Kier molecular flexibility index (Phi) is 46.5. The number of hydrogen-bond donors (Lipinski definition) is 0. The van der Waals surface area contributed by atoms with E-state index < -0.39 is 5.92 Å². The Morgan fingerprint density at radius 1 is 0.356 bits per heavy atom. The second kappa shape index (κ2) is 50.4. The Hall–Kier alpha value is -3.73. The summed E-state index contributed by atoms with van der Waals surface area (Å²) < 4.78 is 28.8. The lowest BCUT2D eigenvalue weighted by Crippen LogP contribution is -2.27. The number of allylic oxidation sites excluding steroid dienone is 4. The van der Waals surface area contributed by atoms with Crippen LogP contribution in [-0.2, 0) is 47.7 Å². The second-order valence-corrected chi connectivity index (χ2v) is 20.7. The van der Waals surface area contributed by atoms with Gasteiger partial charge in [0, 0.05) is 32.1 Å². The fraction of sp³-hybridized carbons (Fsp3) is 0.790. The Morgan fingerprint density at radius 2 is 0.630 bits per heavy atom. The van der Waals surface area contributed by atoms with Crippen LogP contribution in [0, 0.1) is 5.92 Å². The lowest BCUT2D eigenvalue weighted by Gasteiger charge is -2.18. The molecule has 1 rings (SSSR count). The van der Waals surface area contributed by atoms with Crippen LogP contribution >= 0.6 is 0 Å². The van der Waals surface area contributed by atoms with E-state index >= 15 is 0 Å². The Morgan fingerprint density at radius 3 is 0.945 bits per heavy atom. The van der Waals surface area contributed by atoms with Gasteiger partial charge >= 0.3 is 29.8 Å². The summed E-state index contributed by atoms with van der Waals surface area (Å²) in [5.74, 6) is -1.76. The zero-order valence-electron chi connectivity index (χ0n) is 46.4. The smallest absolute Gasteiger partial charge is 0.306 e. The lowest BCUT2D eigenvalue weighted by molar-refractivity contribution is -0.154. The van der Waals surface area contributed by atoms with E-state index in [1.54, 1.807) is 0 Å². The van der Waals surface area contributed by atoms with E-state index in [-0.39, 0.29) is 74.7 Å². The number of unbranched alkanes of at least 4 members (excludes halogenated alkanes) is 22. The van der Waals surface area contributed by atoms with Gasteiger partial charge in [-0.1, -0.05) is 101 Å². The molecular weight excluding hydrogens is 919 g/mol. The highest BCUT2D eigenvalue weighted by Gasteiger charge is 2.20. The van der Waals surface area contributed by atoms with Gasteiger partial charge in [0.1, 0.15) is 32.0 Å². The standard InChI is InChI=1S/C62H107NO10/c1-5-9-13-17-21-29-40-56(41-30-22-18-14-10-6-2)72-61(67)46-35-27-25-33-44-58(64)69-52-55(54-71-60(66)48-39-51-63-49-37-38-50-63)53-70-59(65)45-34-26-28-36-47-62(68)73-57(42-31-23-19-15-11-7-3)43-32-24-20-16-12-8-4/h5-8,55-57H,1-4,9-54H2. The molecule has 0 aliphatic carbocycles. The summed E-state index contributed by atoms with van der Waals surface area (Å²) in [6, 6.07) is 0. The largest absolute Gasteiger partial charge is 0.465 e. The molecule has 0 bridgehead atoms. The first-order valence-corrected chi connectivity index (χ1v) is 29.7. The van der Waals surface area contributed by atoms with Crippen LogP contribution in [0.2, 0.25) is 0 Å². The van der Waals surface area contributed by atoms with Gasteiger partial charge in [0.15, 0.2) is 0 Å². The van der Waals surface area contributed by atoms with Gasteiger partial charge in [-0.25, -0.2) is 0 Å². The molecule has 0 radical (unpaired) electrons. The van der Waals surface area contributed by atoms with Crippen molar-refractivity contribution in [2.24, 2.45) is 5.92 Å². The molecule has 73 heavy (non-hydrogen) atoms. The van der Waals surface area contributed by atoms with Crippen LogP contribution in [0.5, 0.6) is 0 Å². The Balaban J connectivity index is 2.48. The summed E-state index contributed by atoms with van der Waals surface area (Å²) in [6.45, 7) is 18.2. The summed E-state index contributed by atoms with van der Waals surface area (Å²) in [7, 11) is 0. The van der Waals surface area contributed by atoms with Crippen molar-refractivity contribution in [3.8, 4) is 0 Å². The minimum absolute atomic E-state index is 0.00600. The maximum atomic E-state index is 12.8. The topological polar surface area (TPSA) is 135 Å². The van der Waals surface area contributed by atoms with Gasteiger partial charge in [0.2, 0.25) is 0 Å². The first-order valence-electron chi connectivity index (χ1n) is 29.7. The highest BCUT2D eigenvalue weighted by molar-refractivity contribution is 5.71. The molecule has 0 spiro atoms. The van der Waals surface area contributed by atoms with Crippen LogP contribution in [0.25, 0.3) is 0 Å². The van der Waals surface area contributed by atoms with E-state index in [1.807, 2.05) is 24.3 Å². The second-order valence-electron chi connectivity index (χ2n) is 20.7. The monoisotopic (exact) mass is 1030 g/mol. The Labute approximate surface area is 445 Å². The third-order valence-corrected chi connectivity index (χ3v) is 13.9. The number of likely N-dealkylation sites (tertiary alicyclic amines) is 1. The van der Waals surface area contributed by atoms with Gasteiger partial charge < -0.3 is 28.6 Å². The molecule has 1 fully saturated rings. The third kappa shape index (κ3) is 44.3. The van der Waals surface area contributed by atoms with Gasteiger partial charge in [-0.2, -0.15) is 0 Å². The molecule has 11 nitrogen and oxygen atoms in total. The summed E-state index contributed by atoms with van der Waals surface area (Å²) in [4.78, 5) is 66.2. The van der Waals surface area contributed by atoms with E-state index in [0.717, 1.165) is 180 Å². The number of hydrogen-bond acceptors (Lipinski definition) is 11. The predicted octanol–water partition coefficient (Wildman–Crippen LogP) is 15.7. The molecule has 0 unspecified atom stereocenters. The van der Waals surface area contributed by atoms with E-state index in [9.17, 15) is 24.0 Å². The van der Waals surface area contributed by atoms with Crippen molar-refractivity contribution in [2.75, 3.05) is 39.5 Å². The molecule has 420 valence electrons. The van der Waals surface area contributed by atoms with Gasteiger partial charge in [-0.05, 0) is 167 Å². The maximum Gasteiger partial charge on any atom is 0.306 e. The molecule has 1 heterocycles. The summed E-state index contributed by atoms with van der Waals surface area (Å²) >= 11 is 0. The summed E-state index contributed by atoms with van der Waals surface area (Å²) in [6.07, 6.45) is 44.4. The third-order valence-electron chi connectivity index (χ3n) is 13.9. The van der Waals surface area contributed by atoms with Gasteiger partial charge in [0.25, 0.3) is 0 Å². The molecular formula is C62H107NO10. The van der Waals surface area contributed by atoms with Crippen LogP contribution in [0.3, 0.4) is 0 Å². The van der Waals surface area contributed by atoms with Crippen LogP contribution in [0.4, 0.5) is 0 Å². The number of carbonyl (C=O) groups excluding carboxylic acids is 5. The van der Waals surface area contributed by atoms with E-state index in [0.29, 0.717) is 44.9 Å². The summed E-state index contributed by atoms with van der Waals surface area (Å²) in [5.41, 5.74) is 0.